The first-order valence-electron chi connectivity index (χ1n) is 5.87. The molecule has 0 unspecified atom stereocenters. The summed E-state index contributed by atoms with van der Waals surface area (Å²) in [6, 6.07) is 6.45. The van der Waals surface area contributed by atoms with Crippen LogP contribution in [0.2, 0.25) is 0 Å². The largest absolute Gasteiger partial charge is 0.391 e. The molecule has 2 N–H and O–H groups in total. The van der Waals surface area contributed by atoms with Crippen molar-refractivity contribution in [3.05, 3.63) is 28.2 Å². The third kappa shape index (κ3) is 2.77. The van der Waals surface area contributed by atoms with Crippen molar-refractivity contribution in [2.24, 2.45) is 0 Å². The van der Waals surface area contributed by atoms with Gasteiger partial charge in [-0.1, -0.05) is 34.8 Å². The predicted molar refractivity (Wildman–Crippen MR) is 70.8 cm³/mol. The highest BCUT2D eigenvalue weighted by atomic mass is 79.9. The van der Waals surface area contributed by atoms with Crippen LogP contribution in [-0.2, 0) is 0 Å². The monoisotopic (exact) mass is 283 g/mol. The van der Waals surface area contributed by atoms with Crippen LogP contribution in [-0.4, -0.2) is 17.3 Å². The van der Waals surface area contributed by atoms with Gasteiger partial charge >= 0.3 is 0 Å². The van der Waals surface area contributed by atoms with Crippen LogP contribution in [0.4, 0.5) is 5.69 Å². The van der Waals surface area contributed by atoms with E-state index in [0.717, 1.165) is 29.4 Å². The van der Waals surface area contributed by atoms with E-state index < -0.39 is 0 Å². The molecular formula is C13H18BrNO. The van der Waals surface area contributed by atoms with Crippen LogP contribution in [0.5, 0.6) is 0 Å². The molecule has 0 aliphatic heterocycles. The van der Waals surface area contributed by atoms with Gasteiger partial charge in [0.05, 0.1) is 12.1 Å². The van der Waals surface area contributed by atoms with Crippen molar-refractivity contribution in [1.82, 2.24) is 0 Å². The van der Waals surface area contributed by atoms with E-state index >= 15 is 0 Å². The summed E-state index contributed by atoms with van der Waals surface area (Å²) < 4.78 is 1.11. The topological polar surface area (TPSA) is 32.3 Å². The Morgan fingerprint density at radius 2 is 2.06 bits per heavy atom. The first-order chi connectivity index (χ1) is 7.66. The van der Waals surface area contributed by atoms with Gasteiger partial charge in [-0.15, -0.1) is 0 Å². The van der Waals surface area contributed by atoms with Crippen LogP contribution in [0.3, 0.4) is 0 Å². The summed E-state index contributed by atoms with van der Waals surface area (Å²) in [5.74, 6) is 0. The minimum absolute atomic E-state index is 0.200. The van der Waals surface area contributed by atoms with Gasteiger partial charge in [-0.25, -0.2) is 0 Å². The number of benzene rings is 1. The van der Waals surface area contributed by atoms with E-state index in [2.05, 4.69) is 46.4 Å². The van der Waals surface area contributed by atoms with E-state index in [9.17, 15) is 5.11 Å². The number of hydrogen-bond acceptors (Lipinski definition) is 2. The minimum Gasteiger partial charge on any atom is -0.391 e. The molecule has 1 fully saturated rings. The molecule has 0 radical (unpaired) electrons. The van der Waals surface area contributed by atoms with Crippen LogP contribution in [0.1, 0.15) is 31.2 Å². The first-order valence-corrected chi connectivity index (χ1v) is 6.67. The van der Waals surface area contributed by atoms with Crippen LogP contribution >= 0.6 is 15.9 Å². The highest BCUT2D eigenvalue weighted by molar-refractivity contribution is 9.10. The zero-order chi connectivity index (χ0) is 11.5. The van der Waals surface area contributed by atoms with Crippen LogP contribution in [0.15, 0.2) is 22.7 Å². The smallest absolute Gasteiger partial charge is 0.0741 e. The Morgan fingerprint density at radius 3 is 2.75 bits per heavy atom. The van der Waals surface area contributed by atoms with Crippen molar-refractivity contribution in [3.63, 3.8) is 0 Å². The number of nitrogens with one attached hydrogen (secondary N) is 1. The van der Waals surface area contributed by atoms with Crippen molar-refractivity contribution >= 4 is 21.6 Å². The molecule has 1 aliphatic rings. The summed E-state index contributed by atoms with van der Waals surface area (Å²) in [5, 5.41) is 13.3. The Morgan fingerprint density at radius 1 is 1.31 bits per heavy atom. The molecule has 0 heterocycles. The molecule has 88 valence electrons. The van der Waals surface area contributed by atoms with Gasteiger partial charge in [0.25, 0.3) is 0 Å². The van der Waals surface area contributed by atoms with Crippen molar-refractivity contribution in [2.45, 2.75) is 44.8 Å². The quantitative estimate of drug-likeness (QED) is 0.871. The Labute approximate surface area is 105 Å². The summed E-state index contributed by atoms with van der Waals surface area (Å²) in [4.78, 5) is 0. The lowest BCUT2D eigenvalue weighted by atomic mass is 9.92. The predicted octanol–water partition coefficient (Wildman–Crippen LogP) is 3.47. The molecule has 2 atom stereocenters. The van der Waals surface area contributed by atoms with Gasteiger partial charge in [-0.2, -0.15) is 0 Å². The molecule has 1 saturated carbocycles. The molecule has 0 saturated heterocycles. The molecule has 0 amide bonds. The number of anilines is 1. The summed E-state index contributed by atoms with van der Waals surface area (Å²) in [5.41, 5.74) is 2.32. The molecule has 0 spiro atoms. The molecule has 16 heavy (non-hydrogen) atoms. The average molecular weight is 284 g/mol. The van der Waals surface area contributed by atoms with Crippen LogP contribution in [0, 0.1) is 6.92 Å². The highest BCUT2D eigenvalue weighted by Gasteiger charge is 2.22. The molecule has 1 aliphatic carbocycles. The molecular weight excluding hydrogens is 266 g/mol. The van der Waals surface area contributed by atoms with Crippen molar-refractivity contribution in [3.8, 4) is 0 Å². The maximum atomic E-state index is 9.88. The normalized spacial score (nSPS) is 25.4. The lowest BCUT2D eigenvalue weighted by Crippen LogP contribution is -2.36. The van der Waals surface area contributed by atoms with Gasteiger partial charge in [0.15, 0.2) is 0 Å². The number of aryl methyl sites for hydroxylation is 1. The summed E-state index contributed by atoms with van der Waals surface area (Å²) in [6.07, 6.45) is 4.14. The molecule has 1 aromatic rings. The van der Waals surface area contributed by atoms with Crippen LogP contribution < -0.4 is 5.32 Å². The lowest BCUT2D eigenvalue weighted by molar-refractivity contribution is 0.116. The first kappa shape index (κ1) is 11.9. The molecule has 0 bridgehead atoms. The second-order valence-corrected chi connectivity index (χ2v) is 5.42. The third-order valence-corrected chi connectivity index (χ3v) is 4.11. The van der Waals surface area contributed by atoms with Crippen LogP contribution in [0.25, 0.3) is 0 Å². The van der Waals surface area contributed by atoms with E-state index in [-0.39, 0.29) is 12.1 Å². The molecule has 3 heteroatoms. The molecule has 0 aromatic heterocycles. The summed E-state index contributed by atoms with van der Waals surface area (Å²) >= 11 is 3.52. The van der Waals surface area contributed by atoms with Gasteiger partial charge in [-0.3, -0.25) is 0 Å². The van der Waals surface area contributed by atoms with E-state index in [1.54, 1.807) is 0 Å². The lowest BCUT2D eigenvalue weighted by Gasteiger charge is -2.29. The van der Waals surface area contributed by atoms with Gasteiger partial charge in [-0.05, 0) is 37.5 Å². The summed E-state index contributed by atoms with van der Waals surface area (Å²) in [6.45, 7) is 2.07. The van der Waals surface area contributed by atoms with E-state index in [1.165, 1.54) is 12.0 Å². The number of aliphatic hydroxyl groups excluding tert-OH is 1. The Balaban J connectivity index is 2.05. The number of halogens is 1. The second-order valence-electron chi connectivity index (χ2n) is 4.57. The van der Waals surface area contributed by atoms with Gasteiger partial charge in [0.1, 0.15) is 0 Å². The van der Waals surface area contributed by atoms with Crippen molar-refractivity contribution in [2.75, 3.05) is 5.32 Å². The number of aliphatic hydroxyl groups is 1. The minimum atomic E-state index is -0.200. The molecule has 1 aromatic carbocycles. The summed E-state index contributed by atoms with van der Waals surface area (Å²) in [7, 11) is 0. The van der Waals surface area contributed by atoms with Gasteiger partial charge in [0.2, 0.25) is 0 Å². The zero-order valence-electron chi connectivity index (χ0n) is 9.54. The van der Waals surface area contributed by atoms with Crippen molar-refractivity contribution < 1.29 is 5.11 Å². The Hall–Kier alpha value is -0.540. The second kappa shape index (κ2) is 5.19. The maximum absolute atomic E-state index is 9.88. The molecule has 2 nitrogen and oxygen atoms in total. The highest BCUT2D eigenvalue weighted by Crippen LogP contribution is 2.25. The number of rotatable bonds is 2. The fraction of sp³-hybridized carbons (Fsp3) is 0.538. The SMILES string of the molecule is Cc1ccc(N[C@@H]2CCCC[C@H]2O)cc1Br. The van der Waals surface area contributed by atoms with E-state index in [4.69, 9.17) is 0 Å². The maximum Gasteiger partial charge on any atom is 0.0741 e. The van der Waals surface area contributed by atoms with E-state index in [1.807, 2.05) is 0 Å². The Kier molecular flexibility index (Phi) is 3.87. The third-order valence-electron chi connectivity index (χ3n) is 3.25. The zero-order valence-corrected chi connectivity index (χ0v) is 11.1. The molecule has 2 rings (SSSR count). The van der Waals surface area contributed by atoms with Crippen molar-refractivity contribution in [1.29, 1.82) is 0 Å². The Bertz CT molecular complexity index is 367. The van der Waals surface area contributed by atoms with Gasteiger partial charge in [0, 0.05) is 10.2 Å². The fourth-order valence-electron chi connectivity index (χ4n) is 2.18. The average Bonchev–Trinajstić information content (AvgIpc) is 2.27. The van der Waals surface area contributed by atoms with Gasteiger partial charge < -0.3 is 10.4 Å². The van der Waals surface area contributed by atoms with E-state index in [0.29, 0.717) is 0 Å². The number of hydrogen-bond donors (Lipinski definition) is 2. The standard InChI is InChI=1S/C13H18BrNO/c1-9-6-7-10(8-11(9)14)15-12-4-2-3-5-13(12)16/h6-8,12-13,15-16H,2-5H2,1H3/t12-,13-/m1/s1. The fourth-order valence-corrected chi connectivity index (χ4v) is 2.56.